The highest BCUT2D eigenvalue weighted by atomic mass is 32.1. The molecule has 0 atom stereocenters. The minimum Gasteiger partial charge on any atom is -0.497 e. The Morgan fingerprint density at radius 1 is 1.07 bits per heavy atom. The van der Waals surface area contributed by atoms with Crippen molar-refractivity contribution in [2.75, 3.05) is 47.1 Å². The van der Waals surface area contributed by atoms with E-state index >= 15 is 0 Å². The smallest absolute Gasteiger partial charge is 0.416 e. The van der Waals surface area contributed by atoms with Gasteiger partial charge in [-0.15, -0.1) is 10.2 Å². The van der Waals surface area contributed by atoms with E-state index in [1.807, 2.05) is 0 Å². The first-order valence-electron chi connectivity index (χ1n) is 12.5. The van der Waals surface area contributed by atoms with Gasteiger partial charge in [0, 0.05) is 32.6 Å². The summed E-state index contributed by atoms with van der Waals surface area (Å²) in [5.41, 5.74) is 0.0138. The minimum absolute atomic E-state index is 0.0331. The summed E-state index contributed by atoms with van der Waals surface area (Å²) in [6.45, 7) is 3.36. The van der Waals surface area contributed by atoms with E-state index in [9.17, 15) is 23.1 Å². The Hall–Kier alpha value is -3.68. The van der Waals surface area contributed by atoms with Crippen molar-refractivity contribution in [2.24, 2.45) is 10.2 Å². The Morgan fingerprint density at radius 2 is 1.85 bits per heavy atom. The van der Waals surface area contributed by atoms with Crippen LogP contribution >= 0.6 is 11.3 Å². The fourth-order valence-corrected chi connectivity index (χ4v) is 5.72. The zero-order chi connectivity index (χ0) is 28.4. The highest BCUT2D eigenvalue weighted by molar-refractivity contribution is 7.10. The van der Waals surface area contributed by atoms with Crippen LogP contribution in [0.1, 0.15) is 21.6 Å². The van der Waals surface area contributed by atoms with Gasteiger partial charge >= 0.3 is 11.0 Å². The number of thiazole rings is 1. The fourth-order valence-electron chi connectivity index (χ4n) is 4.75. The van der Waals surface area contributed by atoms with Gasteiger partial charge in [-0.2, -0.15) is 13.2 Å². The van der Waals surface area contributed by atoms with E-state index in [0.29, 0.717) is 54.6 Å². The van der Waals surface area contributed by atoms with Crippen molar-refractivity contribution in [1.29, 1.82) is 0 Å². The summed E-state index contributed by atoms with van der Waals surface area (Å²) in [5, 5.41) is 20.3. The maximum Gasteiger partial charge on any atom is 0.416 e. The molecule has 0 amide bonds. The van der Waals surface area contributed by atoms with Gasteiger partial charge in [0.15, 0.2) is 0 Å². The molecule has 0 unspecified atom stereocenters. The van der Waals surface area contributed by atoms with Gasteiger partial charge in [0.2, 0.25) is 11.8 Å². The highest BCUT2D eigenvalue weighted by Crippen LogP contribution is 2.37. The number of fused-ring (bicyclic) bond motifs is 1. The SMILES string of the molecule is COC1=NN=c2ccc(=C(Cc3ccc(OC)cc3C(F)(F)F)c3sc(=O)n(CCN4CCOCC4)c3O)cc21. The van der Waals surface area contributed by atoms with Crippen molar-refractivity contribution >= 4 is 22.8 Å². The van der Waals surface area contributed by atoms with Gasteiger partial charge in [0.1, 0.15) is 5.75 Å². The molecule has 5 rings (SSSR count). The number of morpholine rings is 1. The summed E-state index contributed by atoms with van der Waals surface area (Å²) in [6, 6.07) is 8.80. The lowest BCUT2D eigenvalue weighted by atomic mass is 9.96. The standard InChI is InChI=1S/C27H27F3N4O5S/c1-37-18-5-3-17(21(15-18)27(28,29)30)14-19(16-4-6-22-20(13-16)24(38-2)32-31-22)23-25(35)34(26(36)40-23)8-7-33-9-11-39-12-10-33/h3-6,13,15,35H,7-12,14H2,1-2H3. The molecule has 40 heavy (non-hydrogen) atoms. The second-order valence-electron chi connectivity index (χ2n) is 9.24. The van der Waals surface area contributed by atoms with Crippen molar-refractivity contribution in [3.63, 3.8) is 0 Å². The zero-order valence-electron chi connectivity index (χ0n) is 21.8. The predicted octanol–water partition coefficient (Wildman–Crippen LogP) is 2.36. The summed E-state index contributed by atoms with van der Waals surface area (Å²) in [5.74, 6) is 0.0442. The number of methoxy groups -OCH3 is 2. The first-order valence-corrected chi connectivity index (χ1v) is 13.3. The molecule has 0 bridgehead atoms. The molecule has 2 aromatic carbocycles. The molecule has 1 N–H and O–H groups in total. The van der Waals surface area contributed by atoms with Crippen LogP contribution in [-0.4, -0.2) is 67.5 Å². The van der Waals surface area contributed by atoms with Crippen LogP contribution in [0.25, 0.3) is 5.57 Å². The molecule has 3 heterocycles. The number of hydrogen-bond acceptors (Lipinski definition) is 9. The van der Waals surface area contributed by atoms with Gasteiger partial charge in [-0.3, -0.25) is 14.3 Å². The van der Waals surface area contributed by atoms with E-state index in [-0.39, 0.29) is 40.9 Å². The maximum atomic E-state index is 14.1. The van der Waals surface area contributed by atoms with E-state index < -0.39 is 16.6 Å². The zero-order valence-corrected chi connectivity index (χ0v) is 22.6. The van der Waals surface area contributed by atoms with Crippen molar-refractivity contribution in [1.82, 2.24) is 9.47 Å². The van der Waals surface area contributed by atoms with Crippen molar-refractivity contribution in [3.05, 3.63) is 78.2 Å². The molecule has 0 radical (unpaired) electrons. The summed E-state index contributed by atoms with van der Waals surface area (Å²) in [4.78, 5) is 14.9. The highest BCUT2D eigenvalue weighted by Gasteiger charge is 2.34. The van der Waals surface area contributed by atoms with Gasteiger partial charge in [0.25, 0.3) is 0 Å². The number of hydrogen-bond donors (Lipinski definition) is 1. The van der Waals surface area contributed by atoms with Gasteiger partial charge in [0.05, 0.1) is 48.8 Å². The molecule has 0 aliphatic carbocycles. The van der Waals surface area contributed by atoms with Crippen LogP contribution in [-0.2, 0) is 28.6 Å². The molecule has 9 nitrogen and oxygen atoms in total. The molecule has 13 heteroatoms. The van der Waals surface area contributed by atoms with E-state index in [0.717, 1.165) is 17.4 Å². The van der Waals surface area contributed by atoms with Crippen molar-refractivity contribution in [2.45, 2.75) is 19.1 Å². The van der Waals surface area contributed by atoms with E-state index in [2.05, 4.69) is 15.1 Å². The molecular weight excluding hydrogens is 549 g/mol. The quantitative estimate of drug-likeness (QED) is 0.464. The van der Waals surface area contributed by atoms with Crippen molar-refractivity contribution < 1.29 is 32.5 Å². The first kappa shape index (κ1) is 27.9. The third-order valence-corrected chi connectivity index (χ3v) is 7.92. The van der Waals surface area contributed by atoms with Crippen LogP contribution in [0, 0.1) is 0 Å². The van der Waals surface area contributed by atoms with Crippen LogP contribution in [0.4, 0.5) is 13.2 Å². The third kappa shape index (κ3) is 5.62. The second-order valence-corrected chi connectivity index (χ2v) is 10.2. The summed E-state index contributed by atoms with van der Waals surface area (Å²) in [6.07, 6.45) is -4.87. The van der Waals surface area contributed by atoms with E-state index in [1.165, 1.54) is 30.9 Å². The third-order valence-electron chi connectivity index (χ3n) is 6.89. The monoisotopic (exact) mass is 576 g/mol. The Balaban J connectivity index is 1.64. The molecule has 0 saturated carbocycles. The van der Waals surface area contributed by atoms with E-state index in [4.69, 9.17) is 14.2 Å². The second kappa shape index (κ2) is 11.4. The average Bonchev–Trinajstić information content (AvgIpc) is 3.49. The number of alkyl halides is 3. The summed E-state index contributed by atoms with van der Waals surface area (Å²) in [7, 11) is 2.74. The number of aromatic hydroxyl groups is 1. The summed E-state index contributed by atoms with van der Waals surface area (Å²) < 4.78 is 59.2. The molecule has 2 aliphatic rings. The number of ether oxygens (including phenoxy) is 3. The van der Waals surface area contributed by atoms with Gasteiger partial charge in [-0.05, 0) is 40.6 Å². The van der Waals surface area contributed by atoms with Crippen LogP contribution in [0.3, 0.4) is 0 Å². The Morgan fingerprint density at radius 3 is 2.55 bits per heavy atom. The fraction of sp³-hybridized carbons (Fsp3) is 0.370. The first-order chi connectivity index (χ1) is 19.2. The lowest BCUT2D eigenvalue weighted by molar-refractivity contribution is -0.138. The lowest BCUT2D eigenvalue weighted by Crippen LogP contribution is -2.38. The number of nitrogens with zero attached hydrogens (tertiary/aromatic N) is 4. The molecule has 1 fully saturated rings. The van der Waals surface area contributed by atoms with Gasteiger partial charge in [-0.25, -0.2) is 0 Å². The number of rotatable bonds is 7. The Bertz CT molecular complexity index is 1620. The molecule has 212 valence electrons. The minimum atomic E-state index is -4.65. The maximum absolute atomic E-state index is 14.1. The predicted molar refractivity (Wildman–Crippen MR) is 142 cm³/mol. The Labute approximate surface area is 231 Å². The summed E-state index contributed by atoms with van der Waals surface area (Å²) >= 11 is 0.797. The molecule has 3 aromatic rings. The number of halogens is 3. The Kier molecular flexibility index (Phi) is 7.97. The van der Waals surface area contributed by atoms with Gasteiger partial charge in [-0.1, -0.05) is 23.5 Å². The number of aromatic nitrogens is 1. The molecular formula is C27H27F3N4O5S. The van der Waals surface area contributed by atoms with Crippen molar-refractivity contribution in [3.8, 4) is 11.6 Å². The molecule has 1 aromatic heterocycles. The molecule has 1 saturated heterocycles. The van der Waals surface area contributed by atoms with E-state index in [1.54, 1.807) is 18.2 Å². The lowest BCUT2D eigenvalue weighted by Gasteiger charge is -2.26. The molecule has 2 aliphatic heterocycles. The topological polar surface area (TPSA) is 97.9 Å². The van der Waals surface area contributed by atoms with Crippen LogP contribution in [0.2, 0.25) is 0 Å². The average molecular weight is 577 g/mol. The molecule has 0 spiro atoms. The van der Waals surface area contributed by atoms with Crippen LogP contribution in [0.15, 0.2) is 51.4 Å². The largest absolute Gasteiger partial charge is 0.497 e. The normalized spacial score (nSPS) is 16.3. The van der Waals surface area contributed by atoms with Crippen LogP contribution < -0.4 is 20.2 Å². The van der Waals surface area contributed by atoms with Crippen LogP contribution in [0.5, 0.6) is 11.6 Å². The van der Waals surface area contributed by atoms with Gasteiger partial charge < -0.3 is 19.3 Å². The number of benzene rings is 2.